The van der Waals surface area contributed by atoms with Crippen LogP contribution in [0.5, 0.6) is 0 Å². The van der Waals surface area contributed by atoms with E-state index in [1.54, 1.807) is 0 Å². The van der Waals surface area contributed by atoms with Crippen LogP contribution in [0.1, 0.15) is 27.7 Å². The number of para-hydroxylation sites is 1. The van der Waals surface area contributed by atoms with E-state index in [9.17, 15) is 0 Å². The smallest absolute Gasteiger partial charge is 0.399 e. The molecule has 0 atom stereocenters. The third-order valence-electron chi connectivity index (χ3n) is 4.93. The van der Waals surface area contributed by atoms with Crippen LogP contribution < -0.4 is 10.4 Å². The van der Waals surface area contributed by atoms with Crippen LogP contribution in [0, 0.1) is 0 Å². The Bertz CT molecular complexity index is 669. The summed E-state index contributed by atoms with van der Waals surface area (Å²) in [4.78, 5) is 2.16. The van der Waals surface area contributed by atoms with E-state index in [2.05, 4.69) is 76.0 Å². The summed E-state index contributed by atoms with van der Waals surface area (Å²) in [5.41, 5.74) is 2.67. The lowest BCUT2D eigenvalue weighted by Crippen LogP contribution is -2.41. The molecule has 0 N–H and O–H groups in total. The van der Waals surface area contributed by atoms with Crippen molar-refractivity contribution in [2.75, 3.05) is 11.9 Å². The summed E-state index contributed by atoms with van der Waals surface area (Å²) in [6, 6.07) is 18.7. The van der Waals surface area contributed by atoms with Gasteiger partial charge in [0.15, 0.2) is 0 Å². The second-order valence-corrected chi connectivity index (χ2v) is 7.08. The number of anilines is 2. The van der Waals surface area contributed by atoms with Crippen LogP contribution >= 0.6 is 0 Å². The van der Waals surface area contributed by atoms with Crippen molar-refractivity contribution < 1.29 is 9.31 Å². The van der Waals surface area contributed by atoms with E-state index in [0.29, 0.717) is 0 Å². The van der Waals surface area contributed by atoms with Crippen molar-refractivity contribution >= 4 is 24.0 Å². The molecule has 2 aromatic carbocycles. The van der Waals surface area contributed by atoms with Gasteiger partial charge in [0, 0.05) is 18.4 Å². The fourth-order valence-corrected chi connectivity index (χ4v) is 2.66. The Morgan fingerprint density at radius 2 is 1.35 bits per heavy atom. The van der Waals surface area contributed by atoms with Gasteiger partial charge in [0.1, 0.15) is 0 Å². The van der Waals surface area contributed by atoms with Crippen LogP contribution in [0.3, 0.4) is 0 Å². The summed E-state index contributed by atoms with van der Waals surface area (Å²) in [6.07, 6.45) is 0. The summed E-state index contributed by atoms with van der Waals surface area (Å²) in [5, 5.41) is 0. The third kappa shape index (κ3) is 3.01. The second-order valence-electron chi connectivity index (χ2n) is 7.08. The Kier molecular flexibility index (Phi) is 3.99. The first-order valence-corrected chi connectivity index (χ1v) is 8.04. The lowest BCUT2D eigenvalue weighted by Gasteiger charge is -2.32. The van der Waals surface area contributed by atoms with Crippen LogP contribution in [0.2, 0.25) is 0 Å². The molecule has 23 heavy (non-hydrogen) atoms. The predicted octanol–water partition coefficient (Wildman–Crippen LogP) is 3.75. The molecule has 0 spiro atoms. The molecule has 1 saturated heterocycles. The molecule has 0 amide bonds. The zero-order valence-electron chi connectivity index (χ0n) is 14.5. The lowest BCUT2D eigenvalue weighted by atomic mass is 9.79. The lowest BCUT2D eigenvalue weighted by molar-refractivity contribution is 0.00578. The van der Waals surface area contributed by atoms with Crippen molar-refractivity contribution in [3.63, 3.8) is 0 Å². The Labute approximate surface area is 139 Å². The van der Waals surface area contributed by atoms with E-state index in [4.69, 9.17) is 9.31 Å². The summed E-state index contributed by atoms with van der Waals surface area (Å²) in [6.45, 7) is 8.31. The minimum absolute atomic E-state index is 0.320. The van der Waals surface area contributed by atoms with Crippen molar-refractivity contribution in [3.8, 4) is 0 Å². The van der Waals surface area contributed by atoms with Crippen LogP contribution in [-0.4, -0.2) is 25.4 Å². The van der Waals surface area contributed by atoms with Crippen molar-refractivity contribution in [1.29, 1.82) is 0 Å². The fourth-order valence-electron chi connectivity index (χ4n) is 2.66. The van der Waals surface area contributed by atoms with Gasteiger partial charge in [0.2, 0.25) is 0 Å². The number of benzene rings is 2. The van der Waals surface area contributed by atoms with E-state index < -0.39 is 0 Å². The highest BCUT2D eigenvalue weighted by Gasteiger charge is 2.51. The molecule has 3 nitrogen and oxygen atoms in total. The minimum Gasteiger partial charge on any atom is -0.399 e. The van der Waals surface area contributed by atoms with Crippen molar-refractivity contribution in [2.45, 2.75) is 38.9 Å². The van der Waals surface area contributed by atoms with Gasteiger partial charge in [-0.1, -0.05) is 30.3 Å². The standard InChI is InChI=1S/C19H24BNO2/c1-18(2)19(3,4)23-20(22-18)15-10-9-13-17(14-15)21(5)16-11-7-6-8-12-16/h6-14H,1-5H3. The molecule has 1 aliphatic rings. The van der Waals surface area contributed by atoms with Crippen molar-refractivity contribution in [2.24, 2.45) is 0 Å². The molecular weight excluding hydrogens is 285 g/mol. The van der Waals surface area contributed by atoms with E-state index in [-0.39, 0.29) is 18.3 Å². The zero-order chi connectivity index (χ0) is 16.7. The van der Waals surface area contributed by atoms with Crippen molar-refractivity contribution in [1.82, 2.24) is 0 Å². The van der Waals surface area contributed by atoms with Gasteiger partial charge in [-0.15, -0.1) is 0 Å². The largest absolute Gasteiger partial charge is 0.494 e. The zero-order valence-corrected chi connectivity index (χ0v) is 14.5. The van der Waals surface area contributed by atoms with Gasteiger partial charge in [0.05, 0.1) is 11.2 Å². The van der Waals surface area contributed by atoms with Gasteiger partial charge in [-0.25, -0.2) is 0 Å². The first-order valence-electron chi connectivity index (χ1n) is 8.04. The maximum atomic E-state index is 6.15. The molecule has 4 heteroatoms. The maximum absolute atomic E-state index is 6.15. The van der Waals surface area contributed by atoms with Crippen molar-refractivity contribution in [3.05, 3.63) is 54.6 Å². The molecular formula is C19H24BNO2. The average molecular weight is 309 g/mol. The third-order valence-corrected chi connectivity index (χ3v) is 4.93. The molecule has 0 aliphatic carbocycles. The van der Waals surface area contributed by atoms with Gasteiger partial charge in [-0.3, -0.25) is 0 Å². The van der Waals surface area contributed by atoms with Crippen LogP contribution in [0.4, 0.5) is 11.4 Å². The molecule has 1 heterocycles. The summed E-state index contributed by atoms with van der Waals surface area (Å²) < 4.78 is 12.3. The van der Waals surface area contributed by atoms with Crippen LogP contribution in [-0.2, 0) is 9.31 Å². The highest BCUT2D eigenvalue weighted by molar-refractivity contribution is 6.62. The monoisotopic (exact) mass is 309 g/mol. The van der Waals surface area contributed by atoms with E-state index in [1.165, 1.54) is 0 Å². The highest BCUT2D eigenvalue weighted by Crippen LogP contribution is 2.36. The number of rotatable bonds is 3. The summed E-state index contributed by atoms with van der Waals surface area (Å²) in [5.74, 6) is 0. The molecule has 1 fully saturated rings. The average Bonchev–Trinajstić information content (AvgIpc) is 2.76. The molecule has 0 radical (unpaired) electrons. The van der Waals surface area contributed by atoms with Crippen LogP contribution in [0.25, 0.3) is 0 Å². The quantitative estimate of drug-likeness (QED) is 0.806. The first-order chi connectivity index (χ1) is 10.8. The molecule has 3 rings (SSSR count). The first kappa shape index (κ1) is 16.1. The Morgan fingerprint density at radius 1 is 0.783 bits per heavy atom. The van der Waals surface area contributed by atoms with E-state index in [1.807, 2.05) is 18.2 Å². The van der Waals surface area contributed by atoms with Crippen LogP contribution in [0.15, 0.2) is 54.6 Å². The van der Waals surface area contributed by atoms with E-state index >= 15 is 0 Å². The molecule has 0 unspecified atom stereocenters. The molecule has 2 aromatic rings. The van der Waals surface area contributed by atoms with Gasteiger partial charge in [-0.2, -0.15) is 0 Å². The fraction of sp³-hybridized carbons (Fsp3) is 0.368. The Hall–Kier alpha value is -1.78. The summed E-state index contributed by atoms with van der Waals surface area (Å²) >= 11 is 0. The van der Waals surface area contributed by atoms with Gasteiger partial charge in [0.25, 0.3) is 0 Å². The SMILES string of the molecule is CN(c1ccccc1)c1cccc(B2OC(C)(C)C(C)(C)O2)c1. The molecule has 120 valence electrons. The predicted molar refractivity (Wildman–Crippen MR) is 96.7 cm³/mol. The van der Waals surface area contributed by atoms with E-state index in [0.717, 1.165) is 16.8 Å². The summed E-state index contributed by atoms with van der Waals surface area (Å²) in [7, 11) is 1.74. The number of hydrogen-bond donors (Lipinski definition) is 0. The van der Waals surface area contributed by atoms with Gasteiger partial charge < -0.3 is 14.2 Å². The molecule has 1 aliphatic heterocycles. The maximum Gasteiger partial charge on any atom is 0.494 e. The highest BCUT2D eigenvalue weighted by atomic mass is 16.7. The molecule has 0 bridgehead atoms. The topological polar surface area (TPSA) is 21.7 Å². The minimum atomic E-state index is -0.330. The van der Waals surface area contributed by atoms with Gasteiger partial charge >= 0.3 is 7.12 Å². The van der Waals surface area contributed by atoms with Gasteiger partial charge in [-0.05, 0) is 57.4 Å². The Balaban J connectivity index is 1.87. The molecule has 0 aromatic heterocycles. The Morgan fingerprint density at radius 3 is 1.96 bits per heavy atom. The number of nitrogens with zero attached hydrogens (tertiary/aromatic N) is 1. The second kappa shape index (κ2) is 5.70. The normalized spacial score (nSPS) is 18.9. The number of hydrogen-bond acceptors (Lipinski definition) is 3. The molecule has 0 saturated carbocycles.